The molecule has 0 radical (unpaired) electrons. The van der Waals surface area contributed by atoms with Gasteiger partial charge in [0.15, 0.2) is 23.3 Å². The molecule has 0 aliphatic heterocycles. The van der Waals surface area contributed by atoms with Crippen molar-refractivity contribution in [1.29, 1.82) is 10.5 Å². The molecule has 0 unspecified atom stereocenters. The number of halogens is 3. The Labute approximate surface area is 477 Å². The van der Waals surface area contributed by atoms with Crippen molar-refractivity contribution in [3.8, 4) is 91.3 Å². The normalized spacial score (nSPS) is 11.7. The first-order valence-corrected chi connectivity index (χ1v) is 26.6. The van der Waals surface area contributed by atoms with Gasteiger partial charge in [-0.1, -0.05) is 18.2 Å². The first-order valence-electron chi connectivity index (χ1n) is 26.6. The minimum Gasteiger partial charge on any atom is -0.309 e. The molecule has 0 atom stereocenters. The van der Waals surface area contributed by atoms with Gasteiger partial charge in [0.1, 0.15) is 46.6 Å². The lowest BCUT2D eigenvalue weighted by Gasteiger charge is -2.20. The van der Waals surface area contributed by atoms with Gasteiger partial charge in [-0.25, -0.2) is 59.8 Å². The van der Waals surface area contributed by atoms with Crippen molar-refractivity contribution in [3.05, 3.63) is 191 Å². The lowest BCUT2D eigenvalue weighted by Crippen LogP contribution is -2.05. The Morgan fingerprint density at radius 3 is 1.05 bits per heavy atom. The Morgan fingerprint density at radius 1 is 0.333 bits per heavy atom. The van der Waals surface area contributed by atoms with Gasteiger partial charge in [0.25, 0.3) is 0 Å². The summed E-state index contributed by atoms with van der Waals surface area (Å²) in [6.07, 6.45) is -4.69. The Bertz CT molecular complexity index is 4750. The van der Waals surface area contributed by atoms with Crippen LogP contribution >= 0.6 is 0 Å². The van der Waals surface area contributed by atoms with Crippen LogP contribution in [0.15, 0.2) is 127 Å². The van der Waals surface area contributed by atoms with Crippen molar-refractivity contribution in [3.63, 3.8) is 0 Å². The highest BCUT2D eigenvalue weighted by Gasteiger charge is 2.32. The second-order valence-corrected chi connectivity index (χ2v) is 20.6. The van der Waals surface area contributed by atoms with Crippen LogP contribution in [0.25, 0.3) is 123 Å². The second-order valence-electron chi connectivity index (χ2n) is 20.6. The third-order valence-electron chi connectivity index (χ3n) is 14.7. The van der Waals surface area contributed by atoms with Crippen molar-refractivity contribution in [2.75, 3.05) is 0 Å². The maximum Gasteiger partial charge on any atom is 0.416 e. The average Bonchev–Trinajstić information content (AvgIpc) is 1.80. The number of nitrogens with zero attached hydrogens (tertiary/aromatic N) is 16. The van der Waals surface area contributed by atoms with E-state index < -0.39 is 11.7 Å². The standard InChI is InChI=1S/C65H45F3N16/c1-32-71-33(2)76-61(75-32)42-11-19-56-51(26-42)52-27-43(62-77-34(3)72-35(4)78-62)12-20-57(52)83(56)55-18-10-41(48-17-15-47(65(66,67)68)24-46(48)31-70)25-50(55)49-16-9-40(30-69)23-60(49)84-58-21-13-44(63-79-36(5)73-37(6)80-63)28-53(58)54-29-45(14-22-59(54)84)64-81-38(7)74-39(8)82-64/h9-29H,1-8H3. The number of fused-ring (bicyclic) bond motifs is 6. The van der Waals surface area contributed by atoms with Crippen molar-refractivity contribution >= 4 is 43.6 Å². The summed E-state index contributed by atoms with van der Waals surface area (Å²) in [5.74, 6) is 6.58. The molecule has 7 aromatic carbocycles. The quantitative estimate of drug-likeness (QED) is 0.138. The predicted octanol–water partition coefficient (Wildman–Crippen LogP) is 13.9. The number of aromatic nitrogens is 14. The Balaban J connectivity index is 1.13. The molecule has 0 aliphatic rings. The van der Waals surface area contributed by atoms with E-state index in [-0.39, 0.29) is 5.56 Å². The first kappa shape index (κ1) is 52.3. The predicted molar refractivity (Wildman–Crippen MR) is 314 cm³/mol. The number of hydrogen-bond acceptors (Lipinski definition) is 14. The molecule has 0 fully saturated rings. The molecule has 0 saturated carbocycles. The Hall–Kier alpha value is -11.1. The first-order chi connectivity index (χ1) is 40.4. The van der Waals surface area contributed by atoms with Gasteiger partial charge in [-0.2, -0.15) is 23.7 Å². The molecule has 6 heterocycles. The molecule has 19 heteroatoms. The fourth-order valence-electron chi connectivity index (χ4n) is 11.3. The van der Waals surface area contributed by atoms with Crippen LogP contribution in [0.2, 0.25) is 0 Å². The fourth-order valence-corrected chi connectivity index (χ4v) is 11.3. The minimum atomic E-state index is -4.69. The van der Waals surface area contributed by atoms with Crippen LogP contribution < -0.4 is 0 Å². The van der Waals surface area contributed by atoms with Crippen LogP contribution in [0, 0.1) is 78.1 Å². The van der Waals surface area contributed by atoms with E-state index >= 15 is 0 Å². The summed E-state index contributed by atoms with van der Waals surface area (Å²) in [7, 11) is 0. The zero-order valence-corrected chi connectivity index (χ0v) is 46.4. The molecule has 13 aromatic rings. The van der Waals surface area contributed by atoms with E-state index in [2.05, 4.69) is 47.3 Å². The average molecular weight is 1110 g/mol. The molecule has 0 bridgehead atoms. The van der Waals surface area contributed by atoms with Gasteiger partial charge in [0.2, 0.25) is 0 Å². The molecule has 0 amide bonds. The maximum absolute atomic E-state index is 14.3. The summed E-state index contributed by atoms with van der Waals surface area (Å²) in [6, 6.07) is 42.8. The van der Waals surface area contributed by atoms with Gasteiger partial charge >= 0.3 is 6.18 Å². The largest absolute Gasteiger partial charge is 0.416 e. The number of nitriles is 2. The highest BCUT2D eigenvalue weighted by molar-refractivity contribution is 6.14. The number of rotatable bonds is 8. The van der Waals surface area contributed by atoms with Crippen LogP contribution in [0.1, 0.15) is 63.3 Å². The maximum atomic E-state index is 14.3. The van der Waals surface area contributed by atoms with Crippen molar-refractivity contribution < 1.29 is 13.2 Å². The molecular formula is C65H45F3N16. The summed E-state index contributed by atoms with van der Waals surface area (Å²) < 4.78 is 47.1. The van der Waals surface area contributed by atoms with E-state index in [9.17, 15) is 23.7 Å². The zero-order chi connectivity index (χ0) is 58.5. The highest BCUT2D eigenvalue weighted by atomic mass is 19.4. The Morgan fingerprint density at radius 2 is 0.690 bits per heavy atom. The fraction of sp³-hybridized carbons (Fsp3) is 0.138. The van der Waals surface area contributed by atoms with Gasteiger partial charge in [0, 0.05) is 54.9 Å². The molecule has 406 valence electrons. The SMILES string of the molecule is Cc1nc(C)nc(-c2ccc3c(c2)c2cc(-c4nc(C)nc(C)n4)ccc2n3-c2ccc(-c3ccc(C(F)(F)F)cc3C#N)cc2-c2ccc(C#N)cc2-n2c3ccc(-c4nc(C)nc(C)n4)cc3c3cc(-c4nc(C)nc(C)n4)ccc32)n1. The van der Waals surface area contributed by atoms with Crippen LogP contribution in [0.4, 0.5) is 13.2 Å². The van der Waals surface area contributed by atoms with E-state index in [1.54, 1.807) is 6.07 Å². The number of aryl methyl sites for hydroxylation is 8. The van der Waals surface area contributed by atoms with Crippen molar-refractivity contribution in [2.24, 2.45) is 0 Å². The summed E-state index contributed by atoms with van der Waals surface area (Å²) in [5.41, 5.74) is 8.68. The molecule has 0 N–H and O–H groups in total. The number of hydrogen-bond donors (Lipinski definition) is 0. The number of alkyl halides is 3. The molecule has 16 nitrogen and oxygen atoms in total. The molecular weight excluding hydrogens is 1060 g/mol. The monoisotopic (exact) mass is 1110 g/mol. The van der Waals surface area contributed by atoms with Crippen molar-refractivity contribution in [1.82, 2.24) is 68.9 Å². The van der Waals surface area contributed by atoms with Gasteiger partial charge in [-0.3, -0.25) is 0 Å². The summed E-state index contributed by atoms with van der Waals surface area (Å²) in [4.78, 5) is 55.5. The molecule has 0 saturated heterocycles. The Kier molecular flexibility index (Phi) is 12.4. The van der Waals surface area contributed by atoms with Gasteiger partial charge < -0.3 is 9.13 Å². The number of benzene rings is 7. The second kappa shape index (κ2) is 19.9. The molecule has 13 rings (SSSR count). The smallest absolute Gasteiger partial charge is 0.309 e. The third-order valence-corrected chi connectivity index (χ3v) is 14.7. The molecule has 0 spiro atoms. The van der Waals surface area contributed by atoms with E-state index in [0.717, 1.165) is 78.0 Å². The minimum absolute atomic E-state index is 0.158. The molecule has 0 aliphatic carbocycles. The lowest BCUT2D eigenvalue weighted by atomic mass is 9.92. The molecule has 84 heavy (non-hydrogen) atoms. The van der Waals surface area contributed by atoms with Crippen molar-refractivity contribution in [2.45, 2.75) is 61.6 Å². The lowest BCUT2D eigenvalue weighted by molar-refractivity contribution is -0.137. The van der Waals surface area contributed by atoms with Crippen LogP contribution in [0.3, 0.4) is 0 Å². The van der Waals surface area contributed by atoms with E-state index in [1.165, 1.54) is 6.07 Å². The summed E-state index contributed by atoms with van der Waals surface area (Å²) >= 11 is 0. The van der Waals surface area contributed by atoms with Crippen LogP contribution in [-0.2, 0) is 6.18 Å². The zero-order valence-electron chi connectivity index (χ0n) is 46.4. The van der Waals surface area contributed by atoms with E-state index in [1.807, 2.05) is 152 Å². The molecule has 6 aromatic heterocycles. The summed E-state index contributed by atoms with van der Waals surface area (Å²) in [6.45, 7) is 14.6. The van der Waals surface area contributed by atoms with Gasteiger partial charge in [-0.05, 0) is 176 Å². The van der Waals surface area contributed by atoms with Gasteiger partial charge in [0.05, 0.1) is 62.3 Å². The summed E-state index contributed by atoms with van der Waals surface area (Å²) in [5, 5.41) is 24.6. The van der Waals surface area contributed by atoms with Crippen LogP contribution in [-0.4, -0.2) is 68.9 Å². The topological polar surface area (TPSA) is 212 Å². The van der Waals surface area contributed by atoms with Gasteiger partial charge in [-0.15, -0.1) is 0 Å². The highest BCUT2D eigenvalue weighted by Crippen LogP contribution is 2.45. The van der Waals surface area contributed by atoms with E-state index in [0.29, 0.717) is 109 Å². The van der Waals surface area contributed by atoms with Crippen LogP contribution in [0.5, 0.6) is 0 Å². The third kappa shape index (κ3) is 9.23. The van der Waals surface area contributed by atoms with E-state index in [4.69, 9.17) is 39.9 Å².